The molecule has 1 aliphatic heterocycles. The van der Waals surface area contributed by atoms with Crippen LogP contribution < -0.4 is 15.0 Å². The van der Waals surface area contributed by atoms with Crippen LogP contribution in [0.15, 0.2) is 36.5 Å². The highest BCUT2D eigenvalue weighted by Crippen LogP contribution is 2.35. The zero-order valence-electron chi connectivity index (χ0n) is 25.6. The number of carbonyl (C=O) groups is 2. The van der Waals surface area contributed by atoms with E-state index in [2.05, 4.69) is 10.3 Å². The number of aromatic nitrogens is 1. The zero-order valence-corrected chi connectivity index (χ0v) is 28.7. The zero-order chi connectivity index (χ0) is 33.2. The summed E-state index contributed by atoms with van der Waals surface area (Å²) in [5, 5.41) is 4.09. The molecule has 2 fully saturated rings. The fraction of sp³-hybridized carbons (Fsp3) is 0.469. The molecule has 5 rings (SSSR count). The van der Waals surface area contributed by atoms with Crippen LogP contribution in [0.2, 0.25) is 15.1 Å². The van der Waals surface area contributed by atoms with Gasteiger partial charge in [-0.3, -0.25) is 4.79 Å². The molecule has 2 amide bonds. The second-order valence-corrected chi connectivity index (χ2v) is 14.7. The minimum atomic E-state index is -0.926. The fourth-order valence-corrected chi connectivity index (χ4v) is 6.74. The topological polar surface area (TPSA) is 84.0 Å². The Balaban J connectivity index is 1.29. The summed E-state index contributed by atoms with van der Waals surface area (Å²) in [5.74, 6) is -2.96. The van der Waals surface area contributed by atoms with E-state index in [0.29, 0.717) is 47.7 Å². The number of nitrogens with one attached hydrogen (secondary N) is 1. The Hall–Kier alpha value is -2.86. The summed E-state index contributed by atoms with van der Waals surface area (Å²) in [6.45, 7) is 6.61. The SMILES string of the molecule is CC(C)(C)OC(=O)NCC(Cc1cnc(N2CCC(Oc3c(F)ccc(Cl)c3F)C2)s1)C(=O)N(Cc1cccc(Cl)c1Cl)C1CC1. The van der Waals surface area contributed by atoms with E-state index < -0.39 is 41.1 Å². The summed E-state index contributed by atoms with van der Waals surface area (Å²) in [6, 6.07) is 7.64. The van der Waals surface area contributed by atoms with Gasteiger partial charge in [0.15, 0.2) is 22.5 Å². The number of halogens is 5. The molecule has 2 aliphatic rings. The Morgan fingerprint density at radius 3 is 2.61 bits per heavy atom. The second kappa shape index (κ2) is 14.5. The Morgan fingerprint density at radius 1 is 1.13 bits per heavy atom. The van der Waals surface area contributed by atoms with E-state index in [1.165, 1.54) is 11.3 Å². The van der Waals surface area contributed by atoms with E-state index in [9.17, 15) is 18.4 Å². The summed E-state index contributed by atoms with van der Waals surface area (Å²) >= 11 is 20.0. The summed E-state index contributed by atoms with van der Waals surface area (Å²) in [7, 11) is 0. The van der Waals surface area contributed by atoms with Crippen molar-refractivity contribution in [2.75, 3.05) is 24.5 Å². The molecule has 1 aromatic heterocycles. The van der Waals surface area contributed by atoms with Crippen LogP contribution in [0.4, 0.5) is 18.7 Å². The third kappa shape index (κ3) is 8.73. The van der Waals surface area contributed by atoms with Crippen molar-refractivity contribution in [3.8, 4) is 5.75 Å². The number of anilines is 1. The number of thiazole rings is 1. The molecule has 8 nitrogen and oxygen atoms in total. The summed E-state index contributed by atoms with van der Waals surface area (Å²) in [5.41, 5.74) is 0.0536. The molecule has 2 unspecified atom stereocenters. The Kier molecular flexibility index (Phi) is 10.9. The van der Waals surface area contributed by atoms with Crippen LogP contribution in [-0.4, -0.2) is 59.3 Å². The van der Waals surface area contributed by atoms with Gasteiger partial charge in [-0.1, -0.05) is 46.9 Å². The Morgan fingerprint density at radius 2 is 1.89 bits per heavy atom. The van der Waals surface area contributed by atoms with Crippen LogP contribution in [0, 0.1) is 17.6 Å². The largest absolute Gasteiger partial charge is 0.482 e. The van der Waals surface area contributed by atoms with E-state index in [4.69, 9.17) is 44.3 Å². The molecule has 1 saturated heterocycles. The number of benzene rings is 2. The molecular formula is C32H35Cl3F2N4O4S. The van der Waals surface area contributed by atoms with Gasteiger partial charge in [-0.15, -0.1) is 11.3 Å². The first kappa shape index (κ1) is 34.5. The predicted octanol–water partition coefficient (Wildman–Crippen LogP) is 7.91. The summed E-state index contributed by atoms with van der Waals surface area (Å²) in [4.78, 5) is 35.9. The number of ether oxygens (including phenoxy) is 2. The van der Waals surface area contributed by atoms with Gasteiger partial charge in [0, 0.05) is 43.2 Å². The molecule has 14 heteroatoms. The van der Waals surface area contributed by atoms with Crippen molar-refractivity contribution in [3.63, 3.8) is 0 Å². The highest BCUT2D eigenvalue weighted by molar-refractivity contribution is 7.15. The molecule has 46 heavy (non-hydrogen) atoms. The normalized spacial score (nSPS) is 17.1. The van der Waals surface area contributed by atoms with Gasteiger partial charge in [-0.25, -0.2) is 18.6 Å². The third-order valence-electron chi connectivity index (χ3n) is 7.57. The van der Waals surface area contributed by atoms with Crippen LogP contribution in [0.3, 0.4) is 0 Å². The Bertz CT molecular complexity index is 1580. The molecule has 2 heterocycles. The van der Waals surface area contributed by atoms with Gasteiger partial charge in [-0.05, 0) is 63.8 Å². The minimum Gasteiger partial charge on any atom is -0.482 e. The third-order valence-corrected chi connectivity index (χ3v) is 9.81. The number of hydrogen-bond acceptors (Lipinski definition) is 7. The highest BCUT2D eigenvalue weighted by Gasteiger charge is 2.37. The molecule has 0 radical (unpaired) electrons. The summed E-state index contributed by atoms with van der Waals surface area (Å²) in [6.07, 6.45) is 3.25. The molecule has 0 spiro atoms. The minimum absolute atomic E-state index is 0.0594. The number of carbonyl (C=O) groups excluding carboxylic acids is 2. The van der Waals surface area contributed by atoms with E-state index in [1.807, 2.05) is 15.9 Å². The second-order valence-electron chi connectivity index (χ2n) is 12.5. The number of nitrogens with zero attached hydrogens (tertiary/aromatic N) is 3. The maximum Gasteiger partial charge on any atom is 0.407 e. The lowest BCUT2D eigenvalue weighted by Crippen LogP contribution is -2.44. The maximum atomic E-state index is 14.4. The molecular weight excluding hydrogens is 681 g/mol. The van der Waals surface area contributed by atoms with Crippen LogP contribution in [0.25, 0.3) is 0 Å². The number of rotatable bonds is 11. The number of alkyl carbamates (subject to hydrolysis) is 1. The van der Waals surface area contributed by atoms with Crippen molar-refractivity contribution >= 4 is 63.3 Å². The monoisotopic (exact) mass is 714 g/mol. The first-order valence-corrected chi connectivity index (χ1v) is 16.9. The maximum absolute atomic E-state index is 14.4. The molecule has 1 saturated carbocycles. The van der Waals surface area contributed by atoms with E-state index in [0.717, 1.165) is 35.4 Å². The van der Waals surface area contributed by atoms with Gasteiger partial charge >= 0.3 is 6.09 Å². The standard InChI is InChI=1S/C32H35Cl3F2N4O4S/c1-32(2,3)45-31(43)39-14-19(29(42)41(20-7-8-20)16-18-5-4-6-23(33)26(18)35)13-22-15-38-30(46-22)40-12-11-21(17-40)44-28-25(36)10-9-24(34)27(28)37/h4-6,9-10,15,19-21H,7-8,11-14,16-17H2,1-3H3,(H,39,43). The molecule has 2 atom stereocenters. The van der Waals surface area contributed by atoms with Crippen LogP contribution >= 0.6 is 46.1 Å². The van der Waals surface area contributed by atoms with Gasteiger partial charge in [-0.2, -0.15) is 0 Å². The molecule has 1 aliphatic carbocycles. The number of hydrogen-bond donors (Lipinski definition) is 1. The lowest BCUT2D eigenvalue weighted by atomic mass is 10.0. The van der Waals surface area contributed by atoms with E-state index in [1.54, 1.807) is 39.1 Å². The number of amides is 2. The average Bonchev–Trinajstić information content (AvgIpc) is 3.54. The van der Waals surface area contributed by atoms with Gasteiger partial charge in [0.25, 0.3) is 0 Å². The van der Waals surface area contributed by atoms with Crippen molar-refractivity contribution < 1.29 is 27.8 Å². The molecule has 248 valence electrons. The highest BCUT2D eigenvalue weighted by atomic mass is 35.5. The van der Waals surface area contributed by atoms with Crippen molar-refractivity contribution in [2.24, 2.45) is 5.92 Å². The predicted molar refractivity (Wildman–Crippen MR) is 176 cm³/mol. The van der Waals surface area contributed by atoms with Crippen molar-refractivity contribution in [1.82, 2.24) is 15.2 Å². The van der Waals surface area contributed by atoms with Crippen LogP contribution in [0.5, 0.6) is 5.75 Å². The smallest absolute Gasteiger partial charge is 0.407 e. The molecule has 0 bridgehead atoms. The molecule has 1 N–H and O–H groups in total. The van der Waals surface area contributed by atoms with Gasteiger partial charge in [0.2, 0.25) is 5.91 Å². The van der Waals surface area contributed by atoms with Crippen molar-refractivity contribution in [3.05, 3.63) is 73.7 Å². The van der Waals surface area contributed by atoms with Crippen LogP contribution in [-0.2, 0) is 22.5 Å². The average molecular weight is 716 g/mol. The van der Waals surface area contributed by atoms with Gasteiger partial charge in [0.05, 0.1) is 27.5 Å². The first-order chi connectivity index (χ1) is 21.8. The first-order valence-electron chi connectivity index (χ1n) is 15.0. The lowest BCUT2D eigenvalue weighted by molar-refractivity contribution is -0.136. The summed E-state index contributed by atoms with van der Waals surface area (Å²) < 4.78 is 39.7. The van der Waals surface area contributed by atoms with Gasteiger partial charge < -0.3 is 24.6 Å². The fourth-order valence-electron chi connectivity index (χ4n) is 5.19. The van der Waals surface area contributed by atoms with E-state index in [-0.39, 0.29) is 23.5 Å². The Labute approximate surface area is 285 Å². The molecule has 3 aromatic rings. The van der Waals surface area contributed by atoms with Crippen molar-refractivity contribution in [2.45, 2.75) is 70.7 Å². The quantitative estimate of drug-likeness (QED) is 0.203. The van der Waals surface area contributed by atoms with E-state index >= 15 is 0 Å². The van der Waals surface area contributed by atoms with Gasteiger partial charge in [0.1, 0.15) is 11.7 Å². The lowest BCUT2D eigenvalue weighted by Gasteiger charge is -2.28. The van der Waals surface area contributed by atoms with Crippen LogP contribution in [0.1, 0.15) is 50.5 Å². The van der Waals surface area contributed by atoms with Crippen molar-refractivity contribution in [1.29, 1.82) is 0 Å². The molecule has 2 aromatic carbocycles.